The highest BCUT2D eigenvalue weighted by Gasteiger charge is 2.17. The van der Waals surface area contributed by atoms with Crippen LogP contribution in [0.1, 0.15) is 31.4 Å². The van der Waals surface area contributed by atoms with Crippen LogP contribution >= 0.6 is 0 Å². The first-order valence-electron chi connectivity index (χ1n) is 6.34. The first kappa shape index (κ1) is 15.2. The average molecular weight is 264 g/mol. The average Bonchev–Trinajstić information content (AvgIpc) is 2.40. The third-order valence-corrected chi connectivity index (χ3v) is 3.02. The highest BCUT2D eigenvalue weighted by Crippen LogP contribution is 2.13. The Morgan fingerprint density at radius 1 is 1.32 bits per heavy atom. The van der Waals surface area contributed by atoms with Crippen molar-refractivity contribution in [2.75, 3.05) is 6.54 Å². The lowest BCUT2D eigenvalue weighted by Crippen LogP contribution is -2.34. The molecule has 4 N–H and O–H groups in total. The predicted octanol–water partition coefficient (Wildman–Crippen LogP) is 1.30. The third-order valence-electron chi connectivity index (χ3n) is 3.02. The molecule has 0 bridgehead atoms. The van der Waals surface area contributed by atoms with E-state index in [9.17, 15) is 9.59 Å². The maximum absolute atomic E-state index is 11.7. The molecule has 19 heavy (non-hydrogen) atoms. The minimum absolute atomic E-state index is 0.145. The van der Waals surface area contributed by atoms with Crippen molar-refractivity contribution in [1.29, 1.82) is 0 Å². The molecule has 5 heteroatoms. The van der Waals surface area contributed by atoms with Crippen molar-refractivity contribution in [2.24, 2.45) is 11.7 Å². The zero-order valence-corrected chi connectivity index (χ0v) is 11.0. The van der Waals surface area contributed by atoms with Crippen molar-refractivity contribution < 1.29 is 14.7 Å². The van der Waals surface area contributed by atoms with Gasteiger partial charge in [0.05, 0.1) is 5.92 Å². The second-order valence-electron chi connectivity index (χ2n) is 4.47. The molecule has 1 rings (SSSR count). The molecule has 104 valence electrons. The second-order valence-corrected chi connectivity index (χ2v) is 4.47. The number of carbonyl (C=O) groups excluding carboxylic acids is 1. The SMILES string of the molecule is CCC(CNC(=O)CC(N)c1ccccc1)C(=O)O. The molecule has 5 nitrogen and oxygen atoms in total. The molecule has 0 fully saturated rings. The Bertz CT molecular complexity index is 420. The first-order chi connectivity index (χ1) is 9.04. The van der Waals surface area contributed by atoms with Crippen LogP contribution in [0.5, 0.6) is 0 Å². The summed E-state index contributed by atoms with van der Waals surface area (Å²) in [6.45, 7) is 1.92. The van der Waals surface area contributed by atoms with Crippen molar-refractivity contribution >= 4 is 11.9 Å². The van der Waals surface area contributed by atoms with Crippen LogP contribution < -0.4 is 11.1 Å². The summed E-state index contributed by atoms with van der Waals surface area (Å²) in [5.74, 6) is -1.66. The van der Waals surface area contributed by atoms with Gasteiger partial charge in [-0.3, -0.25) is 9.59 Å². The number of amides is 1. The van der Waals surface area contributed by atoms with Crippen LogP contribution in [0, 0.1) is 5.92 Å². The van der Waals surface area contributed by atoms with Gasteiger partial charge >= 0.3 is 5.97 Å². The van der Waals surface area contributed by atoms with Crippen LogP contribution in [-0.4, -0.2) is 23.5 Å². The Morgan fingerprint density at radius 2 is 1.95 bits per heavy atom. The van der Waals surface area contributed by atoms with Crippen LogP contribution in [0.25, 0.3) is 0 Å². The number of hydrogen-bond donors (Lipinski definition) is 3. The Kier molecular flexibility index (Phi) is 6.02. The number of hydrogen-bond acceptors (Lipinski definition) is 3. The molecule has 0 spiro atoms. The number of benzene rings is 1. The zero-order valence-electron chi connectivity index (χ0n) is 11.0. The number of carboxylic acids is 1. The highest BCUT2D eigenvalue weighted by molar-refractivity contribution is 5.78. The van der Waals surface area contributed by atoms with Crippen molar-refractivity contribution in [1.82, 2.24) is 5.32 Å². The molecule has 1 amide bonds. The van der Waals surface area contributed by atoms with E-state index in [4.69, 9.17) is 10.8 Å². The molecule has 1 aromatic rings. The maximum atomic E-state index is 11.7. The minimum Gasteiger partial charge on any atom is -0.481 e. The third kappa shape index (κ3) is 5.09. The molecular formula is C14H20N2O3. The van der Waals surface area contributed by atoms with Crippen molar-refractivity contribution in [3.63, 3.8) is 0 Å². The van der Waals surface area contributed by atoms with Gasteiger partial charge in [-0.15, -0.1) is 0 Å². The van der Waals surface area contributed by atoms with E-state index in [0.29, 0.717) is 6.42 Å². The summed E-state index contributed by atoms with van der Waals surface area (Å²) in [4.78, 5) is 22.5. The molecule has 1 aromatic carbocycles. The lowest BCUT2D eigenvalue weighted by Gasteiger charge is -2.14. The highest BCUT2D eigenvalue weighted by atomic mass is 16.4. The summed E-state index contributed by atoms with van der Waals surface area (Å²) in [5.41, 5.74) is 6.81. The van der Waals surface area contributed by atoms with E-state index in [0.717, 1.165) is 5.56 Å². The molecule has 0 saturated heterocycles. The van der Waals surface area contributed by atoms with Crippen molar-refractivity contribution in [3.05, 3.63) is 35.9 Å². The number of nitrogens with two attached hydrogens (primary N) is 1. The molecule has 2 unspecified atom stereocenters. The molecule has 0 aliphatic heterocycles. The van der Waals surface area contributed by atoms with E-state index in [1.165, 1.54) is 0 Å². The standard InChI is InChI=1S/C14H20N2O3/c1-2-10(14(18)19)9-16-13(17)8-12(15)11-6-4-3-5-7-11/h3-7,10,12H,2,8-9,15H2,1H3,(H,16,17)(H,18,19). The van der Waals surface area contributed by atoms with E-state index >= 15 is 0 Å². The Labute approximate surface area is 112 Å². The molecule has 0 saturated carbocycles. The van der Waals surface area contributed by atoms with Crippen LogP contribution in [0.3, 0.4) is 0 Å². The van der Waals surface area contributed by atoms with E-state index < -0.39 is 11.9 Å². The van der Waals surface area contributed by atoms with Gasteiger partial charge in [-0.1, -0.05) is 37.3 Å². The number of carbonyl (C=O) groups is 2. The van der Waals surface area contributed by atoms with Crippen LogP contribution in [0.4, 0.5) is 0 Å². The van der Waals surface area contributed by atoms with Crippen molar-refractivity contribution in [3.8, 4) is 0 Å². The van der Waals surface area contributed by atoms with Crippen molar-refractivity contribution in [2.45, 2.75) is 25.8 Å². The van der Waals surface area contributed by atoms with Gasteiger partial charge in [0.25, 0.3) is 0 Å². The summed E-state index contributed by atoms with van der Waals surface area (Å²) < 4.78 is 0. The van der Waals surface area contributed by atoms with E-state index in [1.807, 2.05) is 30.3 Å². The minimum atomic E-state index is -0.893. The van der Waals surface area contributed by atoms with Gasteiger partial charge in [0.15, 0.2) is 0 Å². The Morgan fingerprint density at radius 3 is 2.47 bits per heavy atom. The number of aliphatic carboxylic acids is 1. The summed E-state index contributed by atoms with van der Waals surface area (Å²) in [6.07, 6.45) is 0.639. The lowest BCUT2D eigenvalue weighted by atomic mass is 10.0. The van der Waals surface area contributed by atoms with E-state index in [2.05, 4.69) is 5.32 Å². The van der Waals surface area contributed by atoms with Gasteiger partial charge < -0.3 is 16.2 Å². The van der Waals surface area contributed by atoms with Crippen LogP contribution in [0.2, 0.25) is 0 Å². The largest absolute Gasteiger partial charge is 0.481 e. The fourth-order valence-corrected chi connectivity index (χ4v) is 1.73. The predicted molar refractivity (Wildman–Crippen MR) is 72.4 cm³/mol. The molecule has 0 aromatic heterocycles. The molecule has 0 radical (unpaired) electrons. The van der Waals surface area contributed by atoms with Gasteiger partial charge in [0, 0.05) is 19.0 Å². The molecular weight excluding hydrogens is 244 g/mol. The topological polar surface area (TPSA) is 92.4 Å². The molecule has 0 aliphatic rings. The number of carboxylic acid groups (broad SMARTS) is 1. The normalized spacial score (nSPS) is 13.6. The van der Waals surface area contributed by atoms with Gasteiger partial charge in [-0.05, 0) is 12.0 Å². The molecule has 2 atom stereocenters. The summed E-state index contributed by atoms with van der Waals surface area (Å²) in [5, 5.41) is 11.5. The molecule has 0 heterocycles. The number of rotatable bonds is 7. The fraction of sp³-hybridized carbons (Fsp3) is 0.429. The van der Waals surface area contributed by atoms with Gasteiger partial charge in [0.2, 0.25) is 5.91 Å². The van der Waals surface area contributed by atoms with Gasteiger partial charge in [0.1, 0.15) is 0 Å². The summed E-state index contributed by atoms with van der Waals surface area (Å²) in [6, 6.07) is 8.98. The quantitative estimate of drug-likeness (QED) is 0.692. The molecule has 0 aliphatic carbocycles. The lowest BCUT2D eigenvalue weighted by molar-refractivity contribution is -0.141. The smallest absolute Gasteiger partial charge is 0.308 e. The maximum Gasteiger partial charge on any atom is 0.308 e. The first-order valence-corrected chi connectivity index (χ1v) is 6.34. The van der Waals surface area contributed by atoms with E-state index in [-0.39, 0.29) is 24.9 Å². The fourth-order valence-electron chi connectivity index (χ4n) is 1.73. The number of nitrogens with one attached hydrogen (secondary N) is 1. The van der Waals surface area contributed by atoms with Gasteiger partial charge in [-0.25, -0.2) is 0 Å². The van der Waals surface area contributed by atoms with Crippen LogP contribution in [-0.2, 0) is 9.59 Å². The summed E-state index contributed by atoms with van der Waals surface area (Å²) >= 11 is 0. The Hall–Kier alpha value is -1.88. The van der Waals surface area contributed by atoms with Gasteiger partial charge in [-0.2, -0.15) is 0 Å². The summed E-state index contributed by atoms with van der Waals surface area (Å²) in [7, 11) is 0. The van der Waals surface area contributed by atoms with Crippen LogP contribution in [0.15, 0.2) is 30.3 Å². The van der Waals surface area contributed by atoms with E-state index in [1.54, 1.807) is 6.92 Å². The Balaban J connectivity index is 2.41. The second kappa shape index (κ2) is 7.53. The monoisotopic (exact) mass is 264 g/mol. The zero-order chi connectivity index (χ0) is 14.3.